The van der Waals surface area contributed by atoms with Gasteiger partial charge < -0.3 is 10.6 Å². The highest BCUT2D eigenvalue weighted by molar-refractivity contribution is 5.86. The number of carbonyl (C=O) groups excluding carboxylic acids is 1. The highest BCUT2D eigenvalue weighted by Gasteiger charge is 2.43. The topological polar surface area (TPSA) is 46.3 Å². The number of nitrogens with two attached hydrogens (primary N) is 1. The Bertz CT molecular complexity index is 316. The van der Waals surface area contributed by atoms with Crippen molar-refractivity contribution >= 4 is 5.91 Å². The Kier molecular flexibility index (Phi) is 4.00. The van der Waals surface area contributed by atoms with Crippen molar-refractivity contribution in [3.8, 4) is 0 Å². The van der Waals surface area contributed by atoms with E-state index < -0.39 is 5.54 Å². The summed E-state index contributed by atoms with van der Waals surface area (Å²) in [4.78, 5) is 14.9. The van der Waals surface area contributed by atoms with Gasteiger partial charge in [0.05, 0.1) is 5.54 Å². The second-order valence-electron chi connectivity index (χ2n) is 6.81. The van der Waals surface area contributed by atoms with Gasteiger partial charge in [0.25, 0.3) is 0 Å². The van der Waals surface area contributed by atoms with Crippen LogP contribution < -0.4 is 5.73 Å². The number of hydrogen-bond donors (Lipinski definition) is 1. The Balaban J connectivity index is 2.10. The summed E-state index contributed by atoms with van der Waals surface area (Å²) < 4.78 is 0. The van der Waals surface area contributed by atoms with Gasteiger partial charge in [-0.2, -0.15) is 0 Å². The molecule has 2 fully saturated rings. The van der Waals surface area contributed by atoms with Crippen molar-refractivity contribution in [2.45, 2.75) is 70.9 Å². The summed E-state index contributed by atoms with van der Waals surface area (Å²) in [6.45, 7) is 7.55. The predicted molar refractivity (Wildman–Crippen MR) is 74.1 cm³/mol. The van der Waals surface area contributed by atoms with Crippen LogP contribution in [-0.4, -0.2) is 28.9 Å². The van der Waals surface area contributed by atoms with E-state index in [1.165, 1.54) is 6.42 Å². The SMILES string of the molecule is CC1CCCC(N)(C(=O)N2CCCC2C(C)C)C1. The first kappa shape index (κ1) is 13.9. The number of hydrogen-bond acceptors (Lipinski definition) is 2. The quantitative estimate of drug-likeness (QED) is 0.821. The highest BCUT2D eigenvalue weighted by Crippen LogP contribution is 2.34. The van der Waals surface area contributed by atoms with Crippen LogP contribution in [0.2, 0.25) is 0 Å². The molecule has 0 bridgehead atoms. The van der Waals surface area contributed by atoms with Crippen LogP contribution in [0.15, 0.2) is 0 Å². The Labute approximate surface area is 111 Å². The fourth-order valence-electron chi connectivity index (χ4n) is 3.81. The average Bonchev–Trinajstić information content (AvgIpc) is 2.76. The van der Waals surface area contributed by atoms with Crippen LogP contribution in [0.4, 0.5) is 0 Å². The molecular weight excluding hydrogens is 224 g/mol. The fourth-order valence-corrected chi connectivity index (χ4v) is 3.81. The lowest BCUT2D eigenvalue weighted by atomic mass is 9.76. The van der Waals surface area contributed by atoms with E-state index in [2.05, 4.69) is 25.7 Å². The second-order valence-corrected chi connectivity index (χ2v) is 6.81. The van der Waals surface area contributed by atoms with Crippen molar-refractivity contribution < 1.29 is 4.79 Å². The molecule has 1 heterocycles. The van der Waals surface area contributed by atoms with E-state index in [1.807, 2.05) is 0 Å². The third kappa shape index (κ3) is 2.56. The number of carbonyl (C=O) groups is 1. The Morgan fingerprint density at radius 3 is 2.67 bits per heavy atom. The third-order valence-electron chi connectivity index (χ3n) is 4.79. The van der Waals surface area contributed by atoms with Crippen LogP contribution in [0.3, 0.4) is 0 Å². The van der Waals surface area contributed by atoms with Gasteiger partial charge in [0.2, 0.25) is 5.91 Å². The summed E-state index contributed by atoms with van der Waals surface area (Å²) in [5.41, 5.74) is 5.87. The summed E-state index contributed by atoms with van der Waals surface area (Å²) in [6.07, 6.45) is 6.35. The molecule has 2 rings (SSSR count). The van der Waals surface area contributed by atoms with Gasteiger partial charge in [0.15, 0.2) is 0 Å². The first-order valence-electron chi connectivity index (χ1n) is 7.54. The lowest BCUT2D eigenvalue weighted by molar-refractivity contribution is -0.140. The fraction of sp³-hybridized carbons (Fsp3) is 0.933. The normalized spacial score (nSPS) is 37.3. The van der Waals surface area contributed by atoms with E-state index in [4.69, 9.17) is 5.73 Å². The summed E-state index contributed by atoms with van der Waals surface area (Å²) in [5, 5.41) is 0. The number of nitrogens with zero attached hydrogens (tertiary/aromatic N) is 1. The van der Waals surface area contributed by atoms with E-state index in [9.17, 15) is 4.79 Å². The molecule has 0 aromatic heterocycles. The van der Waals surface area contributed by atoms with Gasteiger partial charge in [-0.3, -0.25) is 4.79 Å². The predicted octanol–water partition coefficient (Wildman–Crippen LogP) is 2.54. The Morgan fingerprint density at radius 1 is 1.33 bits per heavy atom. The van der Waals surface area contributed by atoms with Crippen molar-refractivity contribution in [2.75, 3.05) is 6.54 Å². The van der Waals surface area contributed by atoms with E-state index >= 15 is 0 Å². The van der Waals surface area contributed by atoms with E-state index in [-0.39, 0.29) is 5.91 Å². The van der Waals surface area contributed by atoms with Crippen molar-refractivity contribution in [3.63, 3.8) is 0 Å². The Hall–Kier alpha value is -0.570. The molecule has 1 aliphatic carbocycles. The molecule has 1 amide bonds. The smallest absolute Gasteiger partial charge is 0.242 e. The molecule has 0 aromatic rings. The number of rotatable bonds is 2. The molecule has 18 heavy (non-hydrogen) atoms. The molecule has 2 N–H and O–H groups in total. The minimum Gasteiger partial charge on any atom is -0.338 e. The third-order valence-corrected chi connectivity index (χ3v) is 4.79. The summed E-state index contributed by atoms with van der Waals surface area (Å²) >= 11 is 0. The molecule has 104 valence electrons. The largest absolute Gasteiger partial charge is 0.338 e. The van der Waals surface area contributed by atoms with Crippen molar-refractivity contribution in [1.29, 1.82) is 0 Å². The maximum atomic E-state index is 12.8. The van der Waals surface area contributed by atoms with Gasteiger partial charge in [0.1, 0.15) is 0 Å². The highest BCUT2D eigenvalue weighted by atomic mass is 16.2. The monoisotopic (exact) mass is 252 g/mol. The van der Waals surface area contributed by atoms with Crippen LogP contribution >= 0.6 is 0 Å². The van der Waals surface area contributed by atoms with Crippen molar-refractivity contribution in [2.24, 2.45) is 17.6 Å². The minimum atomic E-state index is -0.574. The molecule has 3 atom stereocenters. The molecule has 3 nitrogen and oxygen atoms in total. The van der Waals surface area contributed by atoms with Crippen LogP contribution in [0.25, 0.3) is 0 Å². The van der Waals surface area contributed by atoms with Gasteiger partial charge >= 0.3 is 0 Å². The van der Waals surface area contributed by atoms with Gasteiger partial charge in [-0.15, -0.1) is 0 Å². The van der Waals surface area contributed by atoms with Crippen LogP contribution in [0.1, 0.15) is 59.3 Å². The molecule has 2 aliphatic rings. The lowest BCUT2D eigenvalue weighted by Crippen LogP contribution is -2.58. The minimum absolute atomic E-state index is 0.227. The summed E-state index contributed by atoms with van der Waals surface area (Å²) in [7, 11) is 0. The molecule has 1 saturated carbocycles. The molecule has 0 aromatic carbocycles. The molecule has 1 aliphatic heterocycles. The molecule has 3 heteroatoms. The van der Waals surface area contributed by atoms with Crippen LogP contribution in [-0.2, 0) is 4.79 Å². The standard InChI is InChI=1S/C15H28N2O/c1-11(2)13-7-5-9-17(13)14(18)15(16)8-4-6-12(3)10-15/h11-13H,4-10,16H2,1-3H3. The Morgan fingerprint density at radius 2 is 2.06 bits per heavy atom. The van der Waals surface area contributed by atoms with Gasteiger partial charge in [0, 0.05) is 12.6 Å². The van der Waals surface area contributed by atoms with Gasteiger partial charge in [-0.25, -0.2) is 0 Å². The average molecular weight is 252 g/mol. The van der Waals surface area contributed by atoms with Crippen LogP contribution in [0, 0.1) is 11.8 Å². The van der Waals surface area contributed by atoms with Gasteiger partial charge in [-0.05, 0) is 37.5 Å². The maximum Gasteiger partial charge on any atom is 0.242 e. The molecule has 1 saturated heterocycles. The zero-order valence-electron chi connectivity index (χ0n) is 12.1. The van der Waals surface area contributed by atoms with E-state index in [0.717, 1.165) is 38.6 Å². The van der Waals surface area contributed by atoms with Crippen molar-refractivity contribution in [1.82, 2.24) is 4.90 Å². The second kappa shape index (κ2) is 5.20. The van der Waals surface area contributed by atoms with Crippen molar-refractivity contribution in [3.05, 3.63) is 0 Å². The van der Waals surface area contributed by atoms with E-state index in [1.54, 1.807) is 0 Å². The summed E-state index contributed by atoms with van der Waals surface area (Å²) in [6, 6.07) is 0.412. The molecule has 0 spiro atoms. The number of likely N-dealkylation sites (tertiary alicyclic amines) is 1. The zero-order valence-corrected chi connectivity index (χ0v) is 12.1. The first-order chi connectivity index (χ1) is 8.44. The summed E-state index contributed by atoms with van der Waals surface area (Å²) in [5.74, 6) is 1.36. The van der Waals surface area contributed by atoms with Crippen LogP contribution in [0.5, 0.6) is 0 Å². The zero-order chi connectivity index (χ0) is 13.3. The molecule has 3 unspecified atom stereocenters. The van der Waals surface area contributed by atoms with E-state index in [0.29, 0.717) is 17.9 Å². The molecule has 0 radical (unpaired) electrons. The lowest BCUT2D eigenvalue weighted by Gasteiger charge is -2.40. The maximum absolute atomic E-state index is 12.8. The van der Waals surface area contributed by atoms with Gasteiger partial charge in [-0.1, -0.05) is 33.6 Å². The first-order valence-corrected chi connectivity index (χ1v) is 7.54. The molecular formula is C15H28N2O. The number of amides is 1.